The quantitative estimate of drug-likeness (QED) is 0.835. The van der Waals surface area contributed by atoms with E-state index in [1.807, 2.05) is 13.1 Å². The number of rotatable bonds is 3. The fourth-order valence-corrected chi connectivity index (χ4v) is 3.34. The molecule has 7 heteroatoms. The molecule has 1 aliphatic heterocycles. The van der Waals surface area contributed by atoms with Gasteiger partial charge in [-0.1, -0.05) is 6.07 Å². The van der Waals surface area contributed by atoms with Crippen molar-refractivity contribution in [3.8, 4) is 5.75 Å². The molecule has 3 rings (SSSR count). The number of hydrogen-bond acceptors (Lipinski definition) is 4. The van der Waals surface area contributed by atoms with E-state index in [-0.39, 0.29) is 23.6 Å². The second-order valence-corrected chi connectivity index (χ2v) is 6.55. The predicted molar refractivity (Wildman–Crippen MR) is 92.9 cm³/mol. The number of phenols is 1. The third kappa shape index (κ3) is 3.35. The van der Waals surface area contributed by atoms with Crippen molar-refractivity contribution in [3.63, 3.8) is 0 Å². The van der Waals surface area contributed by atoms with E-state index in [2.05, 4.69) is 10.4 Å². The van der Waals surface area contributed by atoms with Gasteiger partial charge in [0.1, 0.15) is 5.75 Å². The molecule has 0 spiro atoms. The highest BCUT2D eigenvalue weighted by atomic mass is 16.3. The number of aromatic nitrogens is 2. The number of nitrogens with zero attached hydrogens (tertiary/aromatic N) is 3. The number of aryl methyl sites for hydroxylation is 2. The maximum absolute atomic E-state index is 12.9. The Kier molecular flexibility index (Phi) is 4.48. The first kappa shape index (κ1) is 17.0. The van der Waals surface area contributed by atoms with Gasteiger partial charge in [0.2, 0.25) is 11.8 Å². The van der Waals surface area contributed by atoms with Crippen LogP contribution >= 0.6 is 0 Å². The number of piperidine rings is 1. The predicted octanol–water partition coefficient (Wildman–Crippen LogP) is 1.98. The summed E-state index contributed by atoms with van der Waals surface area (Å²) in [5, 5.41) is 16.9. The number of carbonyl (C=O) groups excluding carboxylic acids is 2. The summed E-state index contributed by atoms with van der Waals surface area (Å²) in [5.74, 6) is -0.589. The van der Waals surface area contributed by atoms with Gasteiger partial charge in [0.15, 0.2) is 0 Å². The largest absolute Gasteiger partial charge is 0.506 e. The molecule has 0 radical (unpaired) electrons. The van der Waals surface area contributed by atoms with E-state index in [4.69, 9.17) is 0 Å². The Morgan fingerprint density at radius 1 is 1.36 bits per heavy atom. The summed E-state index contributed by atoms with van der Waals surface area (Å²) in [5.41, 5.74) is 2.15. The molecule has 2 N–H and O–H groups in total. The summed E-state index contributed by atoms with van der Waals surface area (Å²) in [6.45, 7) is 1.89. The molecule has 2 heterocycles. The van der Waals surface area contributed by atoms with Crippen molar-refractivity contribution < 1.29 is 14.7 Å². The minimum absolute atomic E-state index is 0.0105. The van der Waals surface area contributed by atoms with Gasteiger partial charge in [0.05, 0.1) is 23.8 Å². The summed E-state index contributed by atoms with van der Waals surface area (Å²) < 4.78 is 1.66. The Hall–Kier alpha value is -2.83. The van der Waals surface area contributed by atoms with Crippen LogP contribution in [0.3, 0.4) is 0 Å². The number of amides is 2. The van der Waals surface area contributed by atoms with Gasteiger partial charge >= 0.3 is 0 Å². The summed E-state index contributed by atoms with van der Waals surface area (Å²) in [6.07, 6.45) is 4.29. The first-order chi connectivity index (χ1) is 11.9. The highest BCUT2D eigenvalue weighted by Gasteiger charge is 2.39. The Labute approximate surface area is 146 Å². The van der Waals surface area contributed by atoms with Crippen LogP contribution in [-0.4, -0.2) is 38.6 Å². The van der Waals surface area contributed by atoms with Crippen LogP contribution in [0.15, 0.2) is 30.6 Å². The van der Waals surface area contributed by atoms with Gasteiger partial charge in [-0.05, 0) is 31.0 Å². The normalized spacial score (nSPS) is 20.6. The van der Waals surface area contributed by atoms with E-state index in [0.717, 1.165) is 11.1 Å². The molecule has 2 aromatic rings. The summed E-state index contributed by atoms with van der Waals surface area (Å²) >= 11 is 0. The fourth-order valence-electron chi connectivity index (χ4n) is 3.34. The third-order valence-electron chi connectivity index (χ3n) is 4.67. The van der Waals surface area contributed by atoms with Gasteiger partial charge in [0.25, 0.3) is 0 Å². The number of nitrogens with one attached hydrogen (secondary N) is 1. The standard InChI is InChI=1S/C18H22N4O3/c1-11-4-6-15(23)14(8-11)20-18(25)13-5-7-16(24)22(3)17(13)12-9-19-21(2)10-12/h4,6,8-10,13,17,23H,5,7H2,1-3H3,(H,20,25)/t13-,17+/m1/s1. The van der Waals surface area contributed by atoms with Crippen LogP contribution in [0.5, 0.6) is 5.75 Å². The number of anilines is 1. The molecule has 2 amide bonds. The number of hydrogen-bond donors (Lipinski definition) is 2. The molecule has 2 atom stereocenters. The highest BCUT2D eigenvalue weighted by molar-refractivity contribution is 5.95. The Bertz CT molecular complexity index is 814. The Balaban J connectivity index is 1.88. The molecule has 0 bridgehead atoms. The average molecular weight is 342 g/mol. The van der Waals surface area contributed by atoms with Gasteiger partial charge in [-0.25, -0.2) is 0 Å². The zero-order chi connectivity index (χ0) is 18.1. The highest BCUT2D eigenvalue weighted by Crippen LogP contribution is 2.37. The second kappa shape index (κ2) is 6.58. The maximum atomic E-state index is 12.9. The van der Waals surface area contributed by atoms with E-state index in [9.17, 15) is 14.7 Å². The smallest absolute Gasteiger partial charge is 0.230 e. The zero-order valence-corrected chi connectivity index (χ0v) is 14.6. The molecule has 0 saturated carbocycles. The van der Waals surface area contributed by atoms with Gasteiger partial charge in [-0.2, -0.15) is 5.10 Å². The molecular weight excluding hydrogens is 320 g/mol. The fraction of sp³-hybridized carbons (Fsp3) is 0.389. The minimum atomic E-state index is -0.410. The van der Waals surface area contributed by atoms with Crippen molar-refractivity contribution in [3.05, 3.63) is 41.7 Å². The van der Waals surface area contributed by atoms with Gasteiger partial charge in [-0.15, -0.1) is 0 Å². The van der Waals surface area contributed by atoms with Gasteiger partial charge in [-0.3, -0.25) is 14.3 Å². The Morgan fingerprint density at radius 3 is 2.80 bits per heavy atom. The number of phenolic OH excluding ortho intramolecular Hbond substituents is 1. The lowest BCUT2D eigenvalue weighted by Crippen LogP contribution is -2.44. The van der Waals surface area contributed by atoms with Crippen LogP contribution in [0.4, 0.5) is 5.69 Å². The van der Waals surface area contributed by atoms with Crippen LogP contribution in [0, 0.1) is 12.8 Å². The first-order valence-electron chi connectivity index (χ1n) is 8.21. The molecular formula is C18H22N4O3. The van der Waals surface area contributed by atoms with E-state index in [0.29, 0.717) is 18.5 Å². The zero-order valence-electron chi connectivity index (χ0n) is 14.6. The minimum Gasteiger partial charge on any atom is -0.506 e. The van der Waals surface area contributed by atoms with Crippen LogP contribution < -0.4 is 5.32 Å². The first-order valence-corrected chi connectivity index (χ1v) is 8.21. The SMILES string of the molecule is Cc1ccc(O)c(NC(=O)[C@@H]2CCC(=O)N(C)[C@H]2c2cnn(C)c2)c1. The molecule has 1 aromatic heterocycles. The number of likely N-dealkylation sites (tertiary alicyclic amines) is 1. The van der Waals surface area contributed by atoms with Crippen molar-refractivity contribution in [2.75, 3.05) is 12.4 Å². The lowest BCUT2D eigenvalue weighted by atomic mass is 9.85. The van der Waals surface area contributed by atoms with Crippen molar-refractivity contribution in [1.82, 2.24) is 14.7 Å². The van der Waals surface area contributed by atoms with Gasteiger partial charge < -0.3 is 15.3 Å². The van der Waals surface area contributed by atoms with Crippen molar-refractivity contribution >= 4 is 17.5 Å². The lowest BCUT2D eigenvalue weighted by Gasteiger charge is -2.37. The summed E-state index contributed by atoms with van der Waals surface area (Å²) in [4.78, 5) is 26.6. The topological polar surface area (TPSA) is 87.5 Å². The van der Waals surface area contributed by atoms with Crippen LogP contribution in [0.25, 0.3) is 0 Å². The van der Waals surface area contributed by atoms with Gasteiger partial charge in [0, 0.05) is 32.3 Å². The molecule has 1 aliphatic rings. The maximum Gasteiger partial charge on any atom is 0.230 e. The summed E-state index contributed by atoms with van der Waals surface area (Å²) in [7, 11) is 3.51. The molecule has 1 saturated heterocycles. The molecule has 0 unspecified atom stereocenters. The molecule has 0 aliphatic carbocycles. The molecule has 1 aromatic carbocycles. The lowest BCUT2D eigenvalue weighted by molar-refractivity contribution is -0.140. The molecule has 1 fully saturated rings. The average Bonchev–Trinajstić information content (AvgIpc) is 2.99. The monoisotopic (exact) mass is 342 g/mol. The molecule has 132 valence electrons. The van der Waals surface area contributed by atoms with Crippen molar-refractivity contribution in [2.45, 2.75) is 25.8 Å². The Morgan fingerprint density at radius 2 is 2.12 bits per heavy atom. The summed E-state index contributed by atoms with van der Waals surface area (Å²) in [6, 6.07) is 4.68. The molecule has 7 nitrogen and oxygen atoms in total. The second-order valence-electron chi connectivity index (χ2n) is 6.55. The van der Waals surface area contributed by atoms with E-state index in [1.54, 1.807) is 48.1 Å². The van der Waals surface area contributed by atoms with Crippen molar-refractivity contribution in [1.29, 1.82) is 0 Å². The molecule has 25 heavy (non-hydrogen) atoms. The van der Waals surface area contributed by atoms with E-state index in [1.165, 1.54) is 0 Å². The van der Waals surface area contributed by atoms with Crippen LogP contribution in [0.2, 0.25) is 0 Å². The number of benzene rings is 1. The third-order valence-corrected chi connectivity index (χ3v) is 4.67. The van der Waals surface area contributed by atoms with Crippen LogP contribution in [-0.2, 0) is 16.6 Å². The van der Waals surface area contributed by atoms with Crippen LogP contribution in [0.1, 0.15) is 30.0 Å². The van der Waals surface area contributed by atoms with Crippen molar-refractivity contribution in [2.24, 2.45) is 13.0 Å². The number of carbonyl (C=O) groups is 2. The van der Waals surface area contributed by atoms with E-state index >= 15 is 0 Å². The van der Waals surface area contributed by atoms with E-state index < -0.39 is 5.92 Å². The number of aromatic hydroxyl groups is 1.